The minimum atomic E-state index is -1.02. The zero-order valence-corrected chi connectivity index (χ0v) is 18.7. The van der Waals surface area contributed by atoms with E-state index in [1.807, 2.05) is 18.2 Å². The number of ether oxygens (including phenoxy) is 1. The molecule has 1 aliphatic rings. The largest absolute Gasteiger partial charge is 0.465 e. The van der Waals surface area contributed by atoms with E-state index in [-0.39, 0.29) is 5.69 Å². The van der Waals surface area contributed by atoms with Crippen LogP contribution in [0.3, 0.4) is 0 Å². The van der Waals surface area contributed by atoms with Crippen molar-refractivity contribution in [3.05, 3.63) is 99.4 Å². The highest BCUT2D eigenvalue weighted by molar-refractivity contribution is 6.08. The molecule has 0 fully saturated rings. The molecule has 5 rings (SSSR count). The van der Waals surface area contributed by atoms with Crippen molar-refractivity contribution >= 4 is 45.8 Å². The Bertz CT molecular complexity index is 1550. The van der Waals surface area contributed by atoms with Gasteiger partial charge in [0.25, 0.3) is 5.91 Å². The molecule has 1 N–H and O–H groups in total. The molecule has 4 aromatic rings. The van der Waals surface area contributed by atoms with E-state index < -0.39 is 34.9 Å². The number of hydrogen-bond acceptors (Lipinski definition) is 7. The van der Waals surface area contributed by atoms with Crippen LogP contribution in [0, 0.1) is 15.9 Å². The Morgan fingerprint density at radius 2 is 2.00 bits per heavy atom. The Kier molecular flexibility index (Phi) is 5.99. The second-order valence-corrected chi connectivity index (χ2v) is 8.06. The molecule has 36 heavy (non-hydrogen) atoms. The van der Waals surface area contributed by atoms with Crippen LogP contribution in [-0.2, 0) is 16.0 Å². The first-order valence-corrected chi connectivity index (χ1v) is 11.0. The number of hydrogen-bond donors (Lipinski definition) is 1. The summed E-state index contributed by atoms with van der Waals surface area (Å²) in [7, 11) is 0. The highest BCUT2D eigenvalue weighted by Gasteiger charge is 2.28. The van der Waals surface area contributed by atoms with Gasteiger partial charge in [-0.05, 0) is 60.4 Å². The monoisotopic (exact) mass is 487 g/mol. The predicted molar refractivity (Wildman–Crippen MR) is 129 cm³/mol. The average Bonchev–Trinajstić information content (AvgIpc) is 3.52. The lowest BCUT2D eigenvalue weighted by atomic mass is 10.0. The van der Waals surface area contributed by atoms with E-state index in [2.05, 4.69) is 5.32 Å². The van der Waals surface area contributed by atoms with Gasteiger partial charge < -0.3 is 14.5 Å². The topological polar surface area (TPSA) is 125 Å². The van der Waals surface area contributed by atoms with Crippen LogP contribution in [0.2, 0.25) is 0 Å². The third kappa shape index (κ3) is 4.43. The summed E-state index contributed by atoms with van der Waals surface area (Å²) in [5.74, 6) is -1.76. The number of pyridine rings is 1. The molecule has 9 nitrogen and oxygen atoms in total. The number of benzene rings is 2. The summed E-state index contributed by atoms with van der Waals surface area (Å²) in [6, 6.07) is 13.7. The molecule has 2 heterocycles. The standard InChI is InChI=1S/C26H18FN3O6/c27-20-10-8-16(13-22(20)30(33)34)28-23(31)14-36-26(32)24-18-5-1-2-6-21(18)29-25-15(7-9-19(24)25)12-17-4-3-11-35-17/h1-6,8,10-13H,7,9,14H2,(H,28,31)/b15-12+. The fourth-order valence-electron chi connectivity index (χ4n) is 4.19. The maximum atomic E-state index is 13.5. The number of nitro benzene ring substituents is 1. The minimum absolute atomic E-state index is 0.00658. The number of aromatic nitrogens is 1. The SMILES string of the molecule is O=C(COC(=O)c1c2c(nc3ccccc13)/C(=C/c1ccco1)CC2)Nc1ccc(F)c([N+](=O)[O-])c1. The Morgan fingerprint density at radius 1 is 1.17 bits per heavy atom. The van der Waals surface area contributed by atoms with Crippen molar-refractivity contribution in [1.29, 1.82) is 0 Å². The molecule has 0 saturated heterocycles. The van der Waals surface area contributed by atoms with Gasteiger partial charge in [-0.1, -0.05) is 18.2 Å². The van der Waals surface area contributed by atoms with Gasteiger partial charge in [-0.3, -0.25) is 14.9 Å². The molecular formula is C26H18FN3O6. The molecule has 0 unspecified atom stereocenters. The van der Waals surface area contributed by atoms with E-state index in [1.54, 1.807) is 30.5 Å². The van der Waals surface area contributed by atoms with Crippen molar-refractivity contribution in [1.82, 2.24) is 4.98 Å². The molecule has 180 valence electrons. The molecule has 1 aliphatic carbocycles. The van der Waals surface area contributed by atoms with Gasteiger partial charge in [0.2, 0.25) is 5.82 Å². The van der Waals surface area contributed by atoms with Gasteiger partial charge in [0.15, 0.2) is 6.61 Å². The van der Waals surface area contributed by atoms with E-state index in [9.17, 15) is 24.1 Å². The van der Waals surface area contributed by atoms with Crippen LogP contribution in [0.1, 0.15) is 33.8 Å². The van der Waals surface area contributed by atoms with Crippen molar-refractivity contribution in [2.75, 3.05) is 11.9 Å². The highest BCUT2D eigenvalue weighted by atomic mass is 19.1. The summed E-state index contributed by atoms with van der Waals surface area (Å²) >= 11 is 0. The van der Waals surface area contributed by atoms with Gasteiger partial charge in [0.05, 0.1) is 28.0 Å². The van der Waals surface area contributed by atoms with Gasteiger partial charge in [-0.2, -0.15) is 4.39 Å². The Labute approximate surface area is 203 Å². The van der Waals surface area contributed by atoms with Crippen LogP contribution in [-0.4, -0.2) is 28.4 Å². The summed E-state index contributed by atoms with van der Waals surface area (Å²) in [5.41, 5.74) is 2.51. The van der Waals surface area contributed by atoms with Crippen LogP contribution in [0.5, 0.6) is 0 Å². The van der Waals surface area contributed by atoms with Crippen LogP contribution in [0.4, 0.5) is 15.8 Å². The van der Waals surface area contributed by atoms with E-state index in [0.717, 1.165) is 23.3 Å². The van der Waals surface area contributed by atoms with Crippen molar-refractivity contribution in [2.24, 2.45) is 0 Å². The molecule has 2 aromatic carbocycles. The number of allylic oxidation sites excluding steroid dienone is 1. The second-order valence-electron chi connectivity index (χ2n) is 8.06. The number of esters is 1. The number of fused-ring (bicyclic) bond motifs is 2. The van der Waals surface area contributed by atoms with E-state index in [4.69, 9.17) is 14.1 Å². The number of carbonyl (C=O) groups is 2. The molecule has 0 aliphatic heterocycles. The van der Waals surface area contributed by atoms with Crippen molar-refractivity contribution in [3.63, 3.8) is 0 Å². The highest BCUT2D eigenvalue weighted by Crippen LogP contribution is 2.37. The number of furan rings is 1. The molecule has 2 aromatic heterocycles. The zero-order valence-electron chi connectivity index (χ0n) is 18.7. The number of rotatable bonds is 6. The fourth-order valence-corrected chi connectivity index (χ4v) is 4.19. The van der Waals surface area contributed by atoms with Crippen molar-refractivity contribution < 1.29 is 28.1 Å². The van der Waals surface area contributed by atoms with Crippen LogP contribution < -0.4 is 5.32 Å². The Balaban J connectivity index is 1.39. The smallest absolute Gasteiger partial charge is 0.339 e. The van der Waals surface area contributed by atoms with Gasteiger partial charge in [0.1, 0.15) is 5.76 Å². The number of halogens is 1. The summed E-state index contributed by atoms with van der Waals surface area (Å²) in [5, 5.41) is 13.9. The quantitative estimate of drug-likeness (QED) is 0.226. The molecule has 0 radical (unpaired) electrons. The van der Waals surface area contributed by atoms with Crippen LogP contribution >= 0.6 is 0 Å². The third-order valence-electron chi connectivity index (χ3n) is 5.77. The number of para-hydroxylation sites is 1. The lowest BCUT2D eigenvalue weighted by Gasteiger charge is -2.12. The predicted octanol–water partition coefficient (Wildman–Crippen LogP) is 5.16. The number of carbonyl (C=O) groups excluding carboxylic acids is 2. The molecule has 0 saturated carbocycles. The summed E-state index contributed by atoms with van der Waals surface area (Å²) in [4.78, 5) is 40.3. The van der Waals surface area contributed by atoms with Crippen LogP contribution in [0.25, 0.3) is 22.6 Å². The third-order valence-corrected chi connectivity index (χ3v) is 5.77. The van der Waals surface area contributed by atoms with Crippen LogP contribution in [0.15, 0.2) is 65.3 Å². The lowest BCUT2D eigenvalue weighted by Crippen LogP contribution is -2.22. The normalized spacial score (nSPS) is 13.5. The van der Waals surface area contributed by atoms with E-state index >= 15 is 0 Å². The first kappa shape index (κ1) is 22.9. The maximum absolute atomic E-state index is 13.5. The van der Waals surface area contributed by atoms with Crippen molar-refractivity contribution in [2.45, 2.75) is 12.8 Å². The number of nitrogens with one attached hydrogen (secondary N) is 1. The number of amides is 1. The van der Waals surface area contributed by atoms with E-state index in [1.165, 1.54) is 6.07 Å². The number of anilines is 1. The van der Waals surface area contributed by atoms with Gasteiger partial charge in [0, 0.05) is 17.1 Å². The second kappa shape index (κ2) is 9.41. The lowest BCUT2D eigenvalue weighted by molar-refractivity contribution is -0.387. The molecule has 0 bridgehead atoms. The Hall–Kier alpha value is -4.86. The minimum Gasteiger partial charge on any atom is -0.465 e. The number of nitro groups is 1. The molecule has 1 amide bonds. The fraction of sp³-hybridized carbons (Fsp3) is 0.115. The van der Waals surface area contributed by atoms with Crippen molar-refractivity contribution in [3.8, 4) is 0 Å². The van der Waals surface area contributed by atoms with E-state index in [0.29, 0.717) is 40.8 Å². The first-order chi connectivity index (χ1) is 17.4. The summed E-state index contributed by atoms with van der Waals surface area (Å²) in [6.45, 7) is -0.634. The molecule has 10 heteroatoms. The molecular weight excluding hydrogens is 469 g/mol. The summed E-state index contributed by atoms with van der Waals surface area (Å²) < 4.78 is 24.3. The average molecular weight is 487 g/mol. The molecule has 0 atom stereocenters. The molecule has 0 spiro atoms. The zero-order chi connectivity index (χ0) is 25.2. The Morgan fingerprint density at radius 3 is 2.78 bits per heavy atom. The summed E-state index contributed by atoms with van der Waals surface area (Å²) in [6.07, 6.45) is 4.69. The van der Waals surface area contributed by atoms with Gasteiger partial charge >= 0.3 is 11.7 Å². The maximum Gasteiger partial charge on any atom is 0.339 e. The van der Waals surface area contributed by atoms with Gasteiger partial charge in [-0.15, -0.1) is 0 Å². The first-order valence-electron chi connectivity index (χ1n) is 11.0. The van der Waals surface area contributed by atoms with Gasteiger partial charge in [-0.25, -0.2) is 9.78 Å². The number of nitrogens with zero attached hydrogens (tertiary/aromatic N) is 2.